The van der Waals surface area contributed by atoms with Crippen LogP contribution in [0.3, 0.4) is 0 Å². The molecule has 0 atom stereocenters. The number of unbranched alkanes of at least 4 members (excludes halogenated alkanes) is 3. The monoisotopic (exact) mass is 204 g/mol. The van der Waals surface area contributed by atoms with Crippen LogP contribution in [0.2, 0.25) is 0 Å². The summed E-state index contributed by atoms with van der Waals surface area (Å²) in [5.41, 5.74) is 0. The highest BCUT2D eigenvalue weighted by molar-refractivity contribution is 5.10. The Balaban J connectivity index is 3.37. The van der Waals surface area contributed by atoms with E-state index in [2.05, 4.69) is 62.5 Å². The van der Waals surface area contributed by atoms with E-state index in [-0.39, 0.29) is 0 Å². The predicted octanol–water partition coefficient (Wildman–Crippen LogP) is 5.20. The first kappa shape index (κ1) is 14.0. The molecule has 0 aliphatic carbocycles. The van der Waals surface area contributed by atoms with Gasteiger partial charge in [0.2, 0.25) is 0 Å². The van der Waals surface area contributed by atoms with Crippen molar-refractivity contribution in [1.82, 2.24) is 0 Å². The molecule has 0 N–H and O–H groups in total. The SMILES string of the molecule is C/C=C/CCC/C=C/C=C/C=C/CCC. The molecule has 0 saturated heterocycles. The normalized spacial score (nSPS) is 12.9. The van der Waals surface area contributed by atoms with Crippen LogP contribution in [0.1, 0.15) is 46.0 Å². The van der Waals surface area contributed by atoms with Crippen LogP contribution in [0.25, 0.3) is 0 Å². The molecule has 15 heavy (non-hydrogen) atoms. The molecule has 0 saturated carbocycles. The highest BCUT2D eigenvalue weighted by Gasteiger charge is 1.77. The first-order valence-corrected chi connectivity index (χ1v) is 6.01. The molecule has 0 rings (SSSR count). The number of allylic oxidation sites excluding steroid dienone is 8. The first-order chi connectivity index (χ1) is 7.41. The van der Waals surface area contributed by atoms with E-state index < -0.39 is 0 Å². The Labute approximate surface area is 95.1 Å². The van der Waals surface area contributed by atoms with Gasteiger partial charge in [-0.1, -0.05) is 62.0 Å². The summed E-state index contributed by atoms with van der Waals surface area (Å²) in [4.78, 5) is 0. The van der Waals surface area contributed by atoms with Crippen LogP contribution in [-0.2, 0) is 0 Å². The van der Waals surface area contributed by atoms with Gasteiger partial charge in [-0.05, 0) is 32.6 Å². The van der Waals surface area contributed by atoms with Crippen LogP contribution < -0.4 is 0 Å². The maximum Gasteiger partial charge on any atom is -0.0345 e. The largest absolute Gasteiger partial charge is 0.0917 e. The Morgan fingerprint density at radius 3 is 1.93 bits per heavy atom. The molecule has 0 radical (unpaired) electrons. The molecule has 0 unspecified atom stereocenters. The fraction of sp³-hybridized carbons (Fsp3) is 0.467. The number of hydrogen-bond acceptors (Lipinski definition) is 0. The van der Waals surface area contributed by atoms with Crippen LogP contribution in [-0.4, -0.2) is 0 Å². The van der Waals surface area contributed by atoms with Crippen molar-refractivity contribution in [3.8, 4) is 0 Å². The molecule has 0 aromatic rings. The molecule has 0 heteroatoms. The quantitative estimate of drug-likeness (QED) is 0.289. The van der Waals surface area contributed by atoms with Gasteiger partial charge >= 0.3 is 0 Å². The minimum atomic E-state index is 1.17. The zero-order chi connectivity index (χ0) is 11.2. The van der Waals surface area contributed by atoms with Crippen molar-refractivity contribution >= 4 is 0 Å². The lowest BCUT2D eigenvalue weighted by Gasteiger charge is -1.87. The Morgan fingerprint density at radius 2 is 1.33 bits per heavy atom. The lowest BCUT2D eigenvalue weighted by Crippen LogP contribution is -1.67. The van der Waals surface area contributed by atoms with Crippen LogP contribution in [0.15, 0.2) is 48.6 Å². The van der Waals surface area contributed by atoms with E-state index in [9.17, 15) is 0 Å². The molecule has 0 aliphatic rings. The van der Waals surface area contributed by atoms with E-state index in [0.717, 1.165) is 0 Å². The summed E-state index contributed by atoms with van der Waals surface area (Å²) in [7, 11) is 0. The van der Waals surface area contributed by atoms with E-state index >= 15 is 0 Å². The Kier molecular flexibility index (Phi) is 12.1. The standard InChI is InChI=1S/C15H24/c1-3-5-7-9-11-13-15-14-12-10-8-6-4-2/h3,5,8,10,12-15H,4,6-7,9,11H2,1-2H3/b5-3+,10-8+,14-12+,15-13+. The predicted molar refractivity (Wildman–Crippen MR) is 71.0 cm³/mol. The molecule has 0 fully saturated rings. The van der Waals surface area contributed by atoms with Crippen LogP contribution in [0.4, 0.5) is 0 Å². The van der Waals surface area contributed by atoms with Gasteiger partial charge in [-0.3, -0.25) is 0 Å². The molecule has 0 heterocycles. The van der Waals surface area contributed by atoms with Crippen molar-refractivity contribution in [2.24, 2.45) is 0 Å². The van der Waals surface area contributed by atoms with E-state index in [4.69, 9.17) is 0 Å². The summed E-state index contributed by atoms with van der Waals surface area (Å²) in [6, 6.07) is 0. The molecule has 0 nitrogen and oxygen atoms in total. The topological polar surface area (TPSA) is 0 Å². The highest BCUT2D eigenvalue weighted by Crippen LogP contribution is 1.98. The fourth-order valence-electron chi connectivity index (χ4n) is 1.16. The van der Waals surface area contributed by atoms with E-state index in [1.807, 2.05) is 0 Å². The smallest absolute Gasteiger partial charge is 0.0345 e. The molecule has 0 aromatic carbocycles. The van der Waals surface area contributed by atoms with Crippen molar-refractivity contribution in [3.05, 3.63) is 48.6 Å². The van der Waals surface area contributed by atoms with Crippen molar-refractivity contribution in [1.29, 1.82) is 0 Å². The van der Waals surface area contributed by atoms with Crippen molar-refractivity contribution in [2.75, 3.05) is 0 Å². The first-order valence-electron chi connectivity index (χ1n) is 6.01. The van der Waals surface area contributed by atoms with Gasteiger partial charge in [0.25, 0.3) is 0 Å². The molecular weight excluding hydrogens is 180 g/mol. The zero-order valence-corrected chi connectivity index (χ0v) is 10.2. The highest BCUT2D eigenvalue weighted by atomic mass is 13.8. The summed E-state index contributed by atoms with van der Waals surface area (Å²) < 4.78 is 0. The summed E-state index contributed by atoms with van der Waals surface area (Å²) >= 11 is 0. The lowest BCUT2D eigenvalue weighted by atomic mass is 10.2. The molecule has 0 bridgehead atoms. The second-order valence-corrected chi connectivity index (χ2v) is 3.53. The summed E-state index contributed by atoms with van der Waals surface area (Å²) in [5, 5.41) is 0. The van der Waals surface area contributed by atoms with Gasteiger partial charge in [-0.2, -0.15) is 0 Å². The summed E-state index contributed by atoms with van der Waals surface area (Å²) in [5.74, 6) is 0. The van der Waals surface area contributed by atoms with Crippen molar-refractivity contribution < 1.29 is 0 Å². The molecule has 0 aliphatic heterocycles. The Hall–Kier alpha value is -1.04. The zero-order valence-electron chi connectivity index (χ0n) is 10.2. The van der Waals surface area contributed by atoms with E-state index in [1.165, 1.54) is 32.1 Å². The second-order valence-electron chi connectivity index (χ2n) is 3.53. The molecule has 0 spiro atoms. The minimum Gasteiger partial charge on any atom is -0.0917 e. The van der Waals surface area contributed by atoms with Crippen LogP contribution in [0, 0.1) is 0 Å². The van der Waals surface area contributed by atoms with Gasteiger partial charge in [-0.15, -0.1) is 0 Å². The third-order valence-electron chi connectivity index (χ3n) is 2.04. The second kappa shape index (κ2) is 13.0. The summed E-state index contributed by atoms with van der Waals surface area (Å²) in [6.45, 7) is 4.26. The fourth-order valence-corrected chi connectivity index (χ4v) is 1.16. The number of hydrogen-bond donors (Lipinski definition) is 0. The van der Waals surface area contributed by atoms with Gasteiger partial charge in [-0.25, -0.2) is 0 Å². The molecule has 84 valence electrons. The summed E-state index contributed by atoms with van der Waals surface area (Å²) in [6.07, 6.45) is 23.2. The lowest BCUT2D eigenvalue weighted by molar-refractivity contribution is 0.867. The van der Waals surface area contributed by atoms with Gasteiger partial charge in [0.1, 0.15) is 0 Å². The van der Waals surface area contributed by atoms with Crippen molar-refractivity contribution in [3.63, 3.8) is 0 Å². The molecular formula is C15H24. The Morgan fingerprint density at radius 1 is 0.733 bits per heavy atom. The minimum absolute atomic E-state index is 1.17. The Bertz CT molecular complexity index is 216. The van der Waals surface area contributed by atoms with Crippen molar-refractivity contribution in [2.45, 2.75) is 46.0 Å². The van der Waals surface area contributed by atoms with Gasteiger partial charge in [0, 0.05) is 0 Å². The average molecular weight is 204 g/mol. The molecule has 0 amide bonds. The van der Waals surface area contributed by atoms with Gasteiger partial charge < -0.3 is 0 Å². The van der Waals surface area contributed by atoms with Crippen LogP contribution >= 0.6 is 0 Å². The number of rotatable bonds is 8. The molecule has 0 aromatic heterocycles. The van der Waals surface area contributed by atoms with E-state index in [1.54, 1.807) is 0 Å². The van der Waals surface area contributed by atoms with Crippen LogP contribution in [0.5, 0.6) is 0 Å². The average Bonchev–Trinajstić information content (AvgIpc) is 2.26. The van der Waals surface area contributed by atoms with Gasteiger partial charge in [0.15, 0.2) is 0 Å². The third-order valence-corrected chi connectivity index (χ3v) is 2.04. The maximum atomic E-state index is 2.23. The maximum absolute atomic E-state index is 2.23. The third kappa shape index (κ3) is 13.0. The van der Waals surface area contributed by atoms with Gasteiger partial charge in [0.05, 0.1) is 0 Å². The van der Waals surface area contributed by atoms with E-state index in [0.29, 0.717) is 0 Å².